The molecule has 1 aromatic carbocycles. The highest BCUT2D eigenvalue weighted by molar-refractivity contribution is 5.25. The van der Waals surface area contributed by atoms with Gasteiger partial charge in [-0.2, -0.15) is 5.26 Å². The van der Waals surface area contributed by atoms with Gasteiger partial charge in [-0.05, 0) is 36.9 Å². The van der Waals surface area contributed by atoms with E-state index >= 15 is 0 Å². The minimum absolute atomic E-state index is 0.615. The van der Waals surface area contributed by atoms with Crippen LogP contribution in [0.1, 0.15) is 43.7 Å². The quantitative estimate of drug-likeness (QED) is 0.733. The molecule has 0 saturated carbocycles. The van der Waals surface area contributed by atoms with E-state index in [9.17, 15) is 0 Å². The summed E-state index contributed by atoms with van der Waals surface area (Å²) in [5.41, 5.74) is 2.81. The standard InChI is InChI=1S/C16H24N2/c1-4-14(2)16-8-6-15(7-9-16)10-13-18(3)12-5-11-17/h6-9,14H,4-5,10,12-13H2,1-3H3. The number of hydrogen-bond acceptors (Lipinski definition) is 2. The zero-order valence-corrected chi connectivity index (χ0v) is 11.8. The van der Waals surface area contributed by atoms with Crippen LogP contribution in [0.3, 0.4) is 0 Å². The van der Waals surface area contributed by atoms with Crippen molar-refractivity contribution in [1.29, 1.82) is 5.26 Å². The van der Waals surface area contributed by atoms with Crippen LogP contribution in [0, 0.1) is 11.3 Å². The maximum absolute atomic E-state index is 8.53. The van der Waals surface area contributed by atoms with Crippen LogP contribution >= 0.6 is 0 Å². The molecule has 0 aliphatic heterocycles. The molecule has 1 atom stereocenters. The monoisotopic (exact) mass is 244 g/mol. The Kier molecular flexibility index (Phi) is 6.46. The molecule has 18 heavy (non-hydrogen) atoms. The third kappa shape index (κ3) is 4.89. The molecule has 2 heteroatoms. The molecule has 0 bridgehead atoms. The Labute approximate surface area is 111 Å². The van der Waals surface area contributed by atoms with Gasteiger partial charge in [0.1, 0.15) is 0 Å². The smallest absolute Gasteiger partial charge is 0.0635 e. The molecule has 1 unspecified atom stereocenters. The Balaban J connectivity index is 2.42. The second kappa shape index (κ2) is 7.89. The van der Waals surface area contributed by atoms with Crippen molar-refractivity contribution in [2.24, 2.45) is 0 Å². The summed E-state index contributed by atoms with van der Waals surface area (Å²) in [6.07, 6.45) is 2.86. The first kappa shape index (κ1) is 14.7. The molecule has 2 nitrogen and oxygen atoms in total. The summed E-state index contributed by atoms with van der Waals surface area (Å²) >= 11 is 0. The van der Waals surface area contributed by atoms with Crippen LogP contribution < -0.4 is 0 Å². The van der Waals surface area contributed by atoms with E-state index < -0.39 is 0 Å². The Morgan fingerprint density at radius 1 is 1.22 bits per heavy atom. The lowest BCUT2D eigenvalue weighted by Crippen LogP contribution is -2.22. The van der Waals surface area contributed by atoms with Gasteiger partial charge in [0.2, 0.25) is 0 Å². The van der Waals surface area contributed by atoms with Crippen molar-refractivity contribution in [2.75, 3.05) is 20.1 Å². The molecule has 1 aromatic rings. The molecule has 1 rings (SSSR count). The Morgan fingerprint density at radius 2 is 1.89 bits per heavy atom. The van der Waals surface area contributed by atoms with Crippen LogP contribution in [0.4, 0.5) is 0 Å². The largest absolute Gasteiger partial charge is 0.305 e. The summed E-state index contributed by atoms with van der Waals surface area (Å²) in [5.74, 6) is 0.650. The number of benzene rings is 1. The van der Waals surface area contributed by atoms with E-state index in [2.05, 4.69) is 56.1 Å². The van der Waals surface area contributed by atoms with Crippen molar-refractivity contribution in [3.63, 3.8) is 0 Å². The van der Waals surface area contributed by atoms with E-state index in [4.69, 9.17) is 5.26 Å². The number of rotatable bonds is 7. The van der Waals surface area contributed by atoms with Crippen molar-refractivity contribution in [3.8, 4) is 6.07 Å². The first-order chi connectivity index (χ1) is 8.67. The van der Waals surface area contributed by atoms with Gasteiger partial charge in [0, 0.05) is 19.5 Å². The highest BCUT2D eigenvalue weighted by atomic mass is 15.1. The zero-order valence-electron chi connectivity index (χ0n) is 11.8. The van der Waals surface area contributed by atoms with Gasteiger partial charge >= 0.3 is 0 Å². The fraction of sp³-hybridized carbons (Fsp3) is 0.562. The summed E-state index contributed by atoms with van der Waals surface area (Å²) in [7, 11) is 2.07. The van der Waals surface area contributed by atoms with E-state index in [0.717, 1.165) is 19.5 Å². The third-order valence-electron chi connectivity index (χ3n) is 3.55. The molecule has 0 aromatic heterocycles. The molecule has 98 valence electrons. The third-order valence-corrected chi connectivity index (χ3v) is 3.55. The molecular weight excluding hydrogens is 220 g/mol. The van der Waals surface area contributed by atoms with Gasteiger partial charge in [-0.1, -0.05) is 38.1 Å². The van der Waals surface area contributed by atoms with Crippen LogP contribution in [0.5, 0.6) is 0 Å². The minimum atomic E-state index is 0.615. The van der Waals surface area contributed by atoms with Gasteiger partial charge in [-0.3, -0.25) is 0 Å². The molecule has 0 radical (unpaired) electrons. The number of nitrogens with zero attached hydrogens (tertiary/aromatic N) is 2. The van der Waals surface area contributed by atoms with Gasteiger partial charge in [0.15, 0.2) is 0 Å². The predicted octanol–water partition coefficient (Wildman–Crippen LogP) is 3.59. The Hall–Kier alpha value is -1.33. The van der Waals surface area contributed by atoms with Crippen molar-refractivity contribution >= 4 is 0 Å². The summed E-state index contributed by atoms with van der Waals surface area (Å²) in [6, 6.07) is 11.2. The number of hydrogen-bond donors (Lipinski definition) is 0. The molecule has 0 saturated heterocycles. The lowest BCUT2D eigenvalue weighted by molar-refractivity contribution is 0.346. The highest BCUT2D eigenvalue weighted by Crippen LogP contribution is 2.18. The molecule has 0 amide bonds. The highest BCUT2D eigenvalue weighted by Gasteiger charge is 2.03. The van der Waals surface area contributed by atoms with Gasteiger partial charge in [-0.15, -0.1) is 0 Å². The van der Waals surface area contributed by atoms with Crippen LogP contribution in [0.2, 0.25) is 0 Å². The molecule has 0 heterocycles. The maximum Gasteiger partial charge on any atom is 0.0635 e. The van der Waals surface area contributed by atoms with Crippen molar-refractivity contribution < 1.29 is 0 Å². The van der Waals surface area contributed by atoms with Crippen LogP contribution in [0.15, 0.2) is 24.3 Å². The van der Waals surface area contributed by atoms with Gasteiger partial charge in [0.05, 0.1) is 6.07 Å². The molecule has 0 aliphatic rings. The van der Waals surface area contributed by atoms with Gasteiger partial charge < -0.3 is 4.90 Å². The van der Waals surface area contributed by atoms with E-state index in [1.54, 1.807) is 0 Å². The number of likely N-dealkylation sites (N-methyl/N-ethyl adjacent to an activating group) is 1. The van der Waals surface area contributed by atoms with Crippen LogP contribution in [-0.2, 0) is 6.42 Å². The average molecular weight is 244 g/mol. The fourth-order valence-electron chi connectivity index (χ4n) is 1.92. The average Bonchev–Trinajstić information content (AvgIpc) is 2.42. The van der Waals surface area contributed by atoms with E-state index in [1.807, 2.05) is 0 Å². The predicted molar refractivity (Wildman–Crippen MR) is 76.6 cm³/mol. The fourth-order valence-corrected chi connectivity index (χ4v) is 1.92. The summed E-state index contributed by atoms with van der Waals surface area (Å²) in [5, 5.41) is 8.53. The number of nitriles is 1. The Morgan fingerprint density at radius 3 is 2.44 bits per heavy atom. The molecular formula is C16H24N2. The molecule has 0 aliphatic carbocycles. The Bertz CT molecular complexity index is 375. The zero-order chi connectivity index (χ0) is 13.4. The second-order valence-electron chi connectivity index (χ2n) is 5.01. The second-order valence-corrected chi connectivity index (χ2v) is 5.01. The lowest BCUT2D eigenvalue weighted by atomic mass is 9.97. The molecule has 0 N–H and O–H groups in total. The normalized spacial score (nSPS) is 12.4. The topological polar surface area (TPSA) is 27.0 Å². The van der Waals surface area contributed by atoms with Crippen LogP contribution in [-0.4, -0.2) is 25.0 Å². The van der Waals surface area contributed by atoms with E-state index in [1.165, 1.54) is 17.5 Å². The first-order valence-electron chi connectivity index (χ1n) is 6.81. The van der Waals surface area contributed by atoms with Gasteiger partial charge in [0.25, 0.3) is 0 Å². The summed E-state index contributed by atoms with van der Waals surface area (Å²) in [6.45, 7) is 6.37. The summed E-state index contributed by atoms with van der Waals surface area (Å²) in [4.78, 5) is 2.21. The summed E-state index contributed by atoms with van der Waals surface area (Å²) < 4.78 is 0. The molecule has 0 fully saturated rings. The SMILES string of the molecule is CCC(C)c1ccc(CCN(C)CCC#N)cc1. The van der Waals surface area contributed by atoms with Crippen molar-refractivity contribution in [1.82, 2.24) is 4.90 Å². The van der Waals surface area contributed by atoms with Crippen molar-refractivity contribution in [3.05, 3.63) is 35.4 Å². The van der Waals surface area contributed by atoms with Crippen LogP contribution in [0.25, 0.3) is 0 Å². The van der Waals surface area contributed by atoms with Gasteiger partial charge in [-0.25, -0.2) is 0 Å². The van der Waals surface area contributed by atoms with Crippen molar-refractivity contribution in [2.45, 2.75) is 39.0 Å². The first-order valence-corrected chi connectivity index (χ1v) is 6.81. The lowest BCUT2D eigenvalue weighted by Gasteiger charge is -2.15. The minimum Gasteiger partial charge on any atom is -0.305 e. The van der Waals surface area contributed by atoms with E-state index in [-0.39, 0.29) is 0 Å². The van der Waals surface area contributed by atoms with E-state index in [0.29, 0.717) is 12.3 Å². The maximum atomic E-state index is 8.53. The molecule has 0 spiro atoms.